The number of nitrogens with zero attached hydrogens (tertiary/aromatic N) is 1. The van der Waals surface area contributed by atoms with Crippen LogP contribution in [0.15, 0.2) is 29.4 Å². The quantitative estimate of drug-likeness (QED) is 0.666. The van der Waals surface area contributed by atoms with Gasteiger partial charge in [0.1, 0.15) is 0 Å². The van der Waals surface area contributed by atoms with Gasteiger partial charge in [-0.2, -0.15) is 0 Å². The SMILES string of the molecule is C[NH+]1[C@@H]2CC[C@H]1CC(=NOC(=O)c1ccc(Cl)cc1)C2. The number of hydrogen-bond donors (Lipinski definition) is 1. The van der Waals surface area contributed by atoms with Gasteiger partial charge in [0, 0.05) is 30.7 Å². The average molecular weight is 294 g/mol. The van der Waals surface area contributed by atoms with Gasteiger partial charge in [0.05, 0.1) is 30.4 Å². The number of nitrogens with one attached hydrogen (secondary N) is 1. The van der Waals surface area contributed by atoms with Crippen molar-refractivity contribution in [3.63, 3.8) is 0 Å². The zero-order valence-corrected chi connectivity index (χ0v) is 12.2. The van der Waals surface area contributed by atoms with Gasteiger partial charge in [-0.1, -0.05) is 16.8 Å². The van der Waals surface area contributed by atoms with Gasteiger partial charge in [0.15, 0.2) is 0 Å². The Kier molecular flexibility index (Phi) is 3.76. The van der Waals surface area contributed by atoms with E-state index < -0.39 is 5.97 Å². The highest BCUT2D eigenvalue weighted by atomic mass is 35.5. The molecule has 0 radical (unpaired) electrons. The lowest BCUT2D eigenvalue weighted by Gasteiger charge is -2.28. The van der Waals surface area contributed by atoms with Crippen molar-refractivity contribution in [3.05, 3.63) is 34.9 Å². The molecule has 0 aromatic heterocycles. The summed E-state index contributed by atoms with van der Waals surface area (Å²) in [4.78, 5) is 18.5. The molecule has 2 fully saturated rings. The fraction of sp³-hybridized carbons (Fsp3) is 0.467. The lowest BCUT2D eigenvalue weighted by Crippen LogP contribution is -3.15. The fourth-order valence-electron chi connectivity index (χ4n) is 3.19. The molecule has 2 saturated heterocycles. The number of rotatable bonds is 2. The first-order valence-corrected chi connectivity index (χ1v) is 7.37. The van der Waals surface area contributed by atoms with E-state index in [9.17, 15) is 4.79 Å². The van der Waals surface area contributed by atoms with Crippen LogP contribution in [0.3, 0.4) is 0 Å². The monoisotopic (exact) mass is 293 g/mol. The Bertz CT molecular complexity index is 525. The molecular weight excluding hydrogens is 276 g/mol. The zero-order chi connectivity index (χ0) is 14.1. The van der Waals surface area contributed by atoms with Gasteiger partial charge < -0.3 is 9.74 Å². The van der Waals surface area contributed by atoms with Crippen LogP contribution in [0.25, 0.3) is 0 Å². The molecule has 20 heavy (non-hydrogen) atoms. The molecule has 106 valence electrons. The smallest absolute Gasteiger partial charge is 0.332 e. The second-order valence-electron chi connectivity index (χ2n) is 5.67. The molecule has 2 aliphatic rings. The molecule has 5 heteroatoms. The molecule has 2 heterocycles. The summed E-state index contributed by atoms with van der Waals surface area (Å²) < 4.78 is 0. The van der Waals surface area contributed by atoms with E-state index in [1.165, 1.54) is 12.8 Å². The van der Waals surface area contributed by atoms with E-state index in [1.807, 2.05) is 0 Å². The van der Waals surface area contributed by atoms with Crippen LogP contribution in [0, 0.1) is 0 Å². The van der Waals surface area contributed by atoms with Gasteiger partial charge in [-0.15, -0.1) is 0 Å². The van der Waals surface area contributed by atoms with E-state index >= 15 is 0 Å². The number of carbonyl (C=O) groups is 1. The maximum absolute atomic E-state index is 11.9. The molecule has 1 aromatic rings. The van der Waals surface area contributed by atoms with E-state index in [1.54, 1.807) is 29.2 Å². The third-order valence-corrected chi connectivity index (χ3v) is 4.71. The standard InChI is InChI=1S/C15H17ClN2O2/c1-18-13-6-7-14(18)9-12(8-13)17-20-15(19)10-2-4-11(16)5-3-10/h2-5,13-14H,6-9H2,1H3/p+1/t13-,14+. The van der Waals surface area contributed by atoms with E-state index in [2.05, 4.69) is 12.2 Å². The summed E-state index contributed by atoms with van der Waals surface area (Å²) >= 11 is 5.79. The normalized spacial score (nSPS) is 30.5. The summed E-state index contributed by atoms with van der Waals surface area (Å²) in [5, 5.41) is 4.68. The molecule has 1 aromatic carbocycles. The average Bonchev–Trinajstić information content (AvgIpc) is 2.66. The fourth-order valence-corrected chi connectivity index (χ4v) is 3.31. The summed E-state index contributed by atoms with van der Waals surface area (Å²) in [6, 6.07) is 7.92. The largest absolute Gasteiger partial charge is 0.365 e. The number of quaternary nitrogens is 1. The van der Waals surface area contributed by atoms with Crippen LogP contribution >= 0.6 is 11.6 Å². The minimum absolute atomic E-state index is 0.423. The molecule has 3 atom stereocenters. The molecule has 3 rings (SSSR count). The Morgan fingerprint density at radius 2 is 1.85 bits per heavy atom. The van der Waals surface area contributed by atoms with Crippen LogP contribution in [0.4, 0.5) is 0 Å². The van der Waals surface area contributed by atoms with Gasteiger partial charge in [-0.05, 0) is 24.3 Å². The minimum Gasteiger partial charge on any atom is -0.332 e. The van der Waals surface area contributed by atoms with Gasteiger partial charge in [-0.25, -0.2) is 4.79 Å². The molecule has 2 aliphatic heterocycles. The van der Waals surface area contributed by atoms with Crippen molar-refractivity contribution in [3.8, 4) is 0 Å². The first-order valence-electron chi connectivity index (χ1n) is 6.99. The highest BCUT2D eigenvalue weighted by Crippen LogP contribution is 2.20. The summed E-state index contributed by atoms with van der Waals surface area (Å²) in [5.74, 6) is -0.423. The number of oxime groups is 1. The second-order valence-corrected chi connectivity index (χ2v) is 6.10. The third-order valence-electron chi connectivity index (χ3n) is 4.45. The maximum Gasteiger partial charge on any atom is 0.365 e. The number of benzene rings is 1. The van der Waals surface area contributed by atoms with E-state index in [4.69, 9.17) is 16.4 Å². The zero-order valence-electron chi connectivity index (χ0n) is 11.4. The number of piperidine rings is 1. The van der Waals surface area contributed by atoms with Crippen molar-refractivity contribution < 1.29 is 14.5 Å². The number of carbonyl (C=O) groups excluding carboxylic acids is 1. The first-order chi connectivity index (χ1) is 9.63. The van der Waals surface area contributed by atoms with Crippen LogP contribution < -0.4 is 4.90 Å². The Labute approximate surface area is 123 Å². The number of hydrogen-bond acceptors (Lipinski definition) is 3. The maximum atomic E-state index is 11.9. The lowest BCUT2D eigenvalue weighted by atomic mass is 10.0. The molecule has 1 unspecified atom stereocenters. The minimum atomic E-state index is -0.423. The van der Waals surface area contributed by atoms with Crippen LogP contribution in [-0.4, -0.2) is 30.8 Å². The van der Waals surface area contributed by atoms with Crippen molar-refractivity contribution in [2.75, 3.05) is 7.05 Å². The summed E-state index contributed by atoms with van der Waals surface area (Å²) in [6.07, 6.45) is 4.38. The molecule has 1 N–H and O–H groups in total. The Morgan fingerprint density at radius 3 is 2.45 bits per heavy atom. The van der Waals surface area contributed by atoms with Crippen molar-refractivity contribution in [1.82, 2.24) is 0 Å². The molecule has 0 saturated carbocycles. The molecule has 0 amide bonds. The lowest BCUT2D eigenvalue weighted by molar-refractivity contribution is -0.917. The van der Waals surface area contributed by atoms with Crippen LogP contribution in [0.2, 0.25) is 5.02 Å². The van der Waals surface area contributed by atoms with Crippen LogP contribution in [0.5, 0.6) is 0 Å². The van der Waals surface area contributed by atoms with Gasteiger partial charge in [0.2, 0.25) is 0 Å². The third kappa shape index (κ3) is 2.72. The van der Waals surface area contributed by atoms with Gasteiger partial charge in [0.25, 0.3) is 0 Å². The Balaban J connectivity index is 1.63. The van der Waals surface area contributed by atoms with E-state index in [-0.39, 0.29) is 0 Å². The topological polar surface area (TPSA) is 43.1 Å². The van der Waals surface area contributed by atoms with Crippen molar-refractivity contribution in [1.29, 1.82) is 0 Å². The molecular formula is C15H18ClN2O2+. The van der Waals surface area contributed by atoms with E-state index in [0.717, 1.165) is 18.6 Å². The highest BCUT2D eigenvalue weighted by molar-refractivity contribution is 6.30. The second kappa shape index (κ2) is 5.54. The Morgan fingerprint density at radius 1 is 1.25 bits per heavy atom. The molecule has 4 nitrogen and oxygen atoms in total. The predicted octanol–water partition coefficient (Wildman–Crippen LogP) is 1.69. The summed E-state index contributed by atoms with van der Waals surface area (Å²) in [6.45, 7) is 0. The molecule has 2 bridgehead atoms. The Hall–Kier alpha value is -1.39. The first kappa shape index (κ1) is 13.6. The van der Waals surface area contributed by atoms with Crippen molar-refractivity contribution >= 4 is 23.3 Å². The molecule has 0 spiro atoms. The van der Waals surface area contributed by atoms with Gasteiger partial charge in [-0.3, -0.25) is 0 Å². The van der Waals surface area contributed by atoms with Crippen molar-refractivity contribution in [2.24, 2.45) is 5.16 Å². The highest BCUT2D eigenvalue weighted by Gasteiger charge is 2.41. The number of halogens is 1. The van der Waals surface area contributed by atoms with Gasteiger partial charge >= 0.3 is 5.97 Å². The number of fused-ring (bicyclic) bond motifs is 2. The van der Waals surface area contributed by atoms with Crippen molar-refractivity contribution in [2.45, 2.75) is 37.8 Å². The van der Waals surface area contributed by atoms with Crippen LogP contribution in [-0.2, 0) is 4.84 Å². The summed E-state index contributed by atoms with van der Waals surface area (Å²) in [7, 11) is 2.25. The van der Waals surface area contributed by atoms with Crippen LogP contribution in [0.1, 0.15) is 36.0 Å². The predicted molar refractivity (Wildman–Crippen MR) is 77.2 cm³/mol. The molecule has 0 aliphatic carbocycles. The van der Waals surface area contributed by atoms with E-state index in [0.29, 0.717) is 22.7 Å². The summed E-state index contributed by atoms with van der Waals surface area (Å²) in [5.41, 5.74) is 1.49.